The first kappa shape index (κ1) is 24.4. The van der Waals surface area contributed by atoms with Gasteiger partial charge < -0.3 is 10.2 Å². The molecule has 0 aliphatic carbocycles. The second-order valence-corrected chi connectivity index (χ2v) is 12.9. The number of nitrogens with two attached hydrogens (primary N) is 1. The summed E-state index contributed by atoms with van der Waals surface area (Å²) in [6, 6.07) is 15.5. The molecule has 0 spiro atoms. The van der Waals surface area contributed by atoms with Crippen molar-refractivity contribution in [2.45, 2.75) is 50.9 Å². The second kappa shape index (κ2) is 10.5. The van der Waals surface area contributed by atoms with Crippen LogP contribution in [0.25, 0.3) is 6.08 Å². The lowest BCUT2D eigenvalue weighted by molar-refractivity contribution is -0.0627. The first-order chi connectivity index (χ1) is 14.2. The van der Waals surface area contributed by atoms with Gasteiger partial charge >= 0.3 is 0 Å². The number of carbonyl (C=O) groups is 1. The number of benzene rings is 2. The number of primary amides is 1. The maximum Gasteiger partial charge on any atom is 0.295 e. The Morgan fingerprint density at radius 2 is 1.67 bits per heavy atom. The van der Waals surface area contributed by atoms with E-state index in [-0.39, 0.29) is 5.56 Å². The van der Waals surface area contributed by atoms with Crippen molar-refractivity contribution < 1.29 is 18.0 Å². The van der Waals surface area contributed by atoms with Crippen LogP contribution in [0.4, 0.5) is 8.78 Å². The van der Waals surface area contributed by atoms with Crippen LogP contribution in [-0.2, 0) is 4.43 Å². The summed E-state index contributed by atoms with van der Waals surface area (Å²) in [5.74, 6) is -3.94. The van der Waals surface area contributed by atoms with Crippen LogP contribution in [0.3, 0.4) is 0 Å². The van der Waals surface area contributed by atoms with Crippen LogP contribution in [0.5, 0.6) is 0 Å². The van der Waals surface area contributed by atoms with Gasteiger partial charge in [0.15, 0.2) is 8.32 Å². The third kappa shape index (κ3) is 5.86. The number of alkyl halides is 2. The predicted octanol–water partition coefficient (Wildman–Crippen LogP) is 6.96. The summed E-state index contributed by atoms with van der Waals surface area (Å²) in [7, 11) is -2.32. The monoisotopic (exact) mass is 495 g/mol. The molecule has 0 saturated carbocycles. The molecule has 0 radical (unpaired) electrons. The summed E-state index contributed by atoms with van der Waals surface area (Å²) < 4.78 is 38.1. The van der Waals surface area contributed by atoms with Crippen LogP contribution in [0.1, 0.15) is 48.4 Å². The molecule has 1 amide bonds. The van der Waals surface area contributed by atoms with Crippen LogP contribution < -0.4 is 5.73 Å². The van der Waals surface area contributed by atoms with Gasteiger partial charge in [-0.15, -0.1) is 0 Å². The van der Waals surface area contributed by atoms with Gasteiger partial charge in [-0.2, -0.15) is 8.78 Å². The molecule has 30 heavy (non-hydrogen) atoms. The highest BCUT2D eigenvalue weighted by Gasteiger charge is 2.44. The van der Waals surface area contributed by atoms with Crippen LogP contribution in [0.2, 0.25) is 18.1 Å². The molecule has 2 aromatic carbocycles. The molecular weight excluding hydrogens is 468 g/mol. The van der Waals surface area contributed by atoms with Gasteiger partial charge in [0, 0.05) is 10.0 Å². The zero-order valence-corrected chi connectivity index (χ0v) is 20.1. The number of amides is 1. The van der Waals surface area contributed by atoms with Gasteiger partial charge in [-0.25, -0.2) is 0 Å². The Kier molecular flexibility index (Phi) is 8.52. The van der Waals surface area contributed by atoms with Gasteiger partial charge in [-0.05, 0) is 53.5 Å². The fourth-order valence-electron chi connectivity index (χ4n) is 3.41. The molecule has 2 N–H and O–H groups in total. The van der Waals surface area contributed by atoms with Gasteiger partial charge in [-0.1, -0.05) is 73.1 Å². The van der Waals surface area contributed by atoms with Crippen molar-refractivity contribution in [3.63, 3.8) is 0 Å². The van der Waals surface area contributed by atoms with Crippen LogP contribution in [0, 0.1) is 0 Å². The molecular formula is C23H28BrF2NO2Si. The molecule has 1 atom stereocenters. The summed E-state index contributed by atoms with van der Waals surface area (Å²) in [4.78, 5) is 11.6. The van der Waals surface area contributed by atoms with E-state index in [1.165, 1.54) is 12.1 Å². The summed E-state index contributed by atoms with van der Waals surface area (Å²) in [5.41, 5.74) is 6.34. The SMILES string of the molecule is CC[Si](CC)(CC)OC(c1ccc(Br)cc1)C(F)(F)C=Cc1ccccc1C(N)=O. The second-order valence-electron chi connectivity index (χ2n) is 7.25. The zero-order chi connectivity index (χ0) is 22.4. The van der Waals surface area contributed by atoms with Crippen molar-refractivity contribution in [2.24, 2.45) is 5.73 Å². The van der Waals surface area contributed by atoms with Crippen LogP contribution in [-0.4, -0.2) is 20.1 Å². The lowest BCUT2D eigenvalue weighted by Crippen LogP contribution is -2.41. The van der Waals surface area contributed by atoms with E-state index in [0.29, 0.717) is 11.1 Å². The highest BCUT2D eigenvalue weighted by Crippen LogP contribution is 2.41. The normalized spacial score (nSPS) is 13.5. The third-order valence-electron chi connectivity index (χ3n) is 5.53. The number of rotatable bonds is 10. The van der Waals surface area contributed by atoms with E-state index < -0.39 is 26.3 Å². The Morgan fingerprint density at radius 3 is 2.20 bits per heavy atom. The minimum atomic E-state index is -3.28. The van der Waals surface area contributed by atoms with E-state index in [1.54, 1.807) is 42.5 Å². The van der Waals surface area contributed by atoms with Crippen molar-refractivity contribution in [3.8, 4) is 0 Å². The maximum absolute atomic E-state index is 15.5. The minimum Gasteiger partial charge on any atom is -0.404 e. The van der Waals surface area contributed by atoms with Gasteiger partial charge in [0.2, 0.25) is 5.91 Å². The summed E-state index contributed by atoms with van der Waals surface area (Å²) >= 11 is 3.35. The fourth-order valence-corrected chi connectivity index (χ4v) is 6.47. The van der Waals surface area contributed by atoms with Crippen molar-refractivity contribution in [1.82, 2.24) is 0 Å². The maximum atomic E-state index is 15.5. The predicted molar refractivity (Wildman–Crippen MR) is 124 cm³/mol. The fraction of sp³-hybridized carbons (Fsp3) is 0.348. The molecule has 0 aromatic heterocycles. The third-order valence-corrected chi connectivity index (χ3v) is 10.7. The Labute approximate surface area is 186 Å². The van der Waals surface area contributed by atoms with Crippen molar-refractivity contribution in [3.05, 3.63) is 75.8 Å². The topological polar surface area (TPSA) is 52.3 Å². The van der Waals surface area contributed by atoms with Crippen LogP contribution >= 0.6 is 15.9 Å². The Hall–Kier alpha value is -1.83. The average molecular weight is 496 g/mol. The van der Waals surface area contributed by atoms with E-state index in [2.05, 4.69) is 15.9 Å². The van der Waals surface area contributed by atoms with Gasteiger partial charge in [-0.3, -0.25) is 4.79 Å². The quantitative estimate of drug-likeness (QED) is 0.362. The largest absolute Gasteiger partial charge is 0.404 e. The van der Waals surface area contributed by atoms with E-state index in [0.717, 1.165) is 28.7 Å². The zero-order valence-electron chi connectivity index (χ0n) is 17.5. The van der Waals surface area contributed by atoms with E-state index in [4.69, 9.17) is 10.2 Å². The first-order valence-corrected chi connectivity index (χ1v) is 13.4. The molecule has 7 heteroatoms. The van der Waals surface area contributed by atoms with Crippen molar-refractivity contribution >= 4 is 36.2 Å². The molecule has 0 aliphatic heterocycles. The van der Waals surface area contributed by atoms with Gasteiger partial charge in [0.25, 0.3) is 5.92 Å². The van der Waals surface area contributed by atoms with Crippen molar-refractivity contribution in [2.75, 3.05) is 0 Å². The summed E-state index contributed by atoms with van der Waals surface area (Å²) in [6.45, 7) is 6.03. The number of hydrogen-bond donors (Lipinski definition) is 1. The molecule has 0 fully saturated rings. The molecule has 162 valence electrons. The van der Waals surface area contributed by atoms with Crippen molar-refractivity contribution in [1.29, 1.82) is 0 Å². The number of carbonyl (C=O) groups excluding carboxylic acids is 1. The molecule has 0 aliphatic rings. The lowest BCUT2D eigenvalue weighted by Gasteiger charge is -2.36. The molecule has 0 saturated heterocycles. The average Bonchev–Trinajstić information content (AvgIpc) is 2.74. The highest BCUT2D eigenvalue weighted by molar-refractivity contribution is 9.10. The Morgan fingerprint density at radius 1 is 1.10 bits per heavy atom. The first-order valence-electron chi connectivity index (χ1n) is 10.1. The number of halogens is 3. The summed E-state index contributed by atoms with van der Waals surface area (Å²) in [5, 5.41) is 0. The standard InChI is InChI=1S/C23H28BrF2NO2Si/c1-4-30(5-2,6-3)29-21(18-11-13-19(24)14-12-18)23(25,26)16-15-17-9-7-8-10-20(17)22(27)28/h7-16,21H,4-6H2,1-3H3,(H2,27,28). The molecule has 2 aromatic rings. The van der Waals surface area contributed by atoms with Gasteiger partial charge in [0.05, 0.1) is 0 Å². The Bertz CT molecular complexity index is 875. The van der Waals surface area contributed by atoms with E-state index >= 15 is 8.78 Å². The molecule has 3 nitrogen and oxygen atoms in total. The number of hydrogen-bond acceptors (Lipinski definition) is 2. The van der Waals surface area contributed by atoms with Gasteiger partial charge in [0.1, 0.15) is 6.10 Å². The lowest BCUT2D eigenvalue weighted by atomic mass is 10.0. The summed E-state index contributed by atoms with van der Waals surface area (Å²) in [6.07, 6.45) is 0.665. The molecule has 2 rings (SSSR count). The minimum absolute atomic E-state index is 0.199. The molecule has 1 unspecified atom stereocenters. The molecule has 0 heterocycles. The van der Waals surface area contributed by atoms with Crippen LogP contribution in [0.15, 0.2) is 59.1 Å². The molecule has 0 bridgehead atoms. The van der Waals surface area contributed by atoms with E-state index in [1.807, 2.05) is 20.8 Å². The highest BCUT2D eigenvalue weighted by atomic mass is 79.9. The smallest absolute Gasteiger partial charge is 0.295 e. The van der Waals surface area contributed by atoms with E-state index in [9.17, 15) is 4.79 Å². The Balaban J connectivity index is 2.48.